The molecule has 1 aromatic rings. The minimum absolute atomic E-state index is 0. The molecule has 0 aromatic heterocycles. The van der Waals surface area contributed by atoms with Gasteiger partial charge in [0.05, 0.1) is 12.5 Å². The zero-order valence-corrected chi connectivity index (χ0v) is 12.0. The average molecular weight is 340 g/mol. The highest BCUT2D eigenvalue weighted by atomic mass is 79.9. The van der Waals surface area contributed by atoms with Crippen LogP contribution in [0.5, 0.6) is 0 Å². The van der Waals surface area contributed by atoms with Crippen LogP contribution in [-0.2, 0) is 10.9 Å². The Balaban J connectivity index is 0.00000169. The summed E-state index contributed by atoms with van der Waals surface area (Å²) in [5.41, 5.74) is 0.783. The molecular formula is C10H12Br2OS. The normalized spacial score (nSPS) is 12.0. The van der Waals surface area contributed by atoms with E-state index in [4.69, 9.17) is 0 Å². The Kier molecular flexibility index (Phi) is 6.74. The second-order valence-corrected chi connectivity index (χ2v) is 6.68. The molecule has 0 aliphatic rings. The molecule has 1 nitrogen and oxygen atoms in total. The van der Waals surface area contributed by atoms with Gasteiger partial charge in [-0.25, -0.2) is 0 Å². The molecule has 0 bridgehead atoms. The van der Waals surface area contributed by atoms with Gasteiger partial charge in [-0.05, 0) is 15.9 Å². The Morgan fingerprint density at radius 3 is 2.21 bits per heavy atom. The summed E-state index contributed by atoms with van der Waals surface area (Å²) >= 11 is 3.41. The Morgan fingerprint density at radius 1 is 1.29 bits per heavy atom. The third-order valence-electron chi connectivity index (χ3n) is 1.68. The second-order valence-electron chi connectivity index (χ2n) is 2.93. The van der Waals surface area contributed by atoms with Crippen LogP contribution in [0.2, 0.25) is 0 Å². The lowest BCUT2D eigenvalue weighted by atomic mass is 10.2. The van der Waals surface area contributed by atoms with Crippen LogP contribution in [-0.4, -0.2) is 22.5 Å². The number of hydrogen-bond acceptors (Lipinski definition) is 1. The number of ketones is 1. The van der Waals surface area contributed by atoms with E-state index in [1.165, 1.54) is 0 Å². The van der Waals surface area contributed by atoms with Crippen molar-refractivity contribution >= 4 is 32.6 Å². The third kappa shape index (κ3) is 3.75. The first kappa shape index (κ1) is 14.2. The molecule has 0 heterocycles. The summed E-state index contributed by atoms with van der Waals surface area (Å²) in [7, 11) is 0.0762. The predicted molar refractivity (Wildman–Crippen MR) is 62.7 cm³/mol. The zero-order chi connectivity index (χ0) is 9.84. The van der Waals surface area contributed by atoms with Gasteiger partial charge in [0.15, 0.2) is 0 Å². The molecule has 78 valence electrons. The highest BCUT2D eigenvalue weighted by Gasteiger charge is 2.27. The molecule has 0 N–H and O–H groups in total. The van der Waals surface area contributed by atoms with Crippen LogP contribution < -0.4 is 17.0 Å². The molecule has 0 aliphatic heterocycles. The maximum atomic E-state index is 11.7. The molecule has 14 heavy (non-hydrogen) atoms. The van der Waals surface area contributed by atoms with Crippen molar-refractivity contribution in [1.82, 2.24) is 0 Å². The molecule has 4 heteroatoms. The molecule has 0 radical (unpaired) electrons. The van der Waals surface area contributed by atoms with Crippen molar-refractivity contribution in [2.45, 2.75) is 4.16 Å². The van der Waals surface area contributed by atoms with E-state index in [2.05, 4.69) is 28.4 Å². The lowest BCUT2D eigenvalue weighted by molar-refractivity contribution is -0.0000105. The molecule has 1 unspecified atom stereocenters. The van der Waals surface area contributed by atoms with Gasteiger partial charge in [0.2, 0.25) is 9.94 Å². The SMILES string of the molecule is C[S+](C)C(Br)C(=O)c1ccccc1.[Br-]. The first-order chi connectivity index (χ1) is 6.13. The van der Waals surface area contributed by atoms with E-state index in [0.717, 1.165) is 5.56 Å². The van der Waals surface area contributed by atoms with E-state index < -0.39 is 0 Å². The molecule has 0 aliphatic carbocycles. The number of carbonyl (C=O) groups is 1. The molecule has 0 saturated heterocycles. The van der Waals surface area contributed by atoms with E-state index in [1.54, 1.807) is 0 Å². The van der Waals surface area contributed by atoms with Gasteiger partial charge in [0, 0.05) is 16.5 Å². The Hall–Kier alpha value is 0.200. The summed E-state index contributed by atoms with van der Waals surface area (Å²) in [5, 5.41) is 0. The minimum Gasteiger partial charge on any atom is -1.00 e. The van der Waals surface area contributed by atoms with Crippen LogP contribution in [0.4, 0.5) is 0 Å². The molecule has 0 spiro atoms. The standard InChI is InChI=1S/C10H12BrOS.BrH/c1-13(2)10(11)9(12)8-6-4-3-5-7-8;/h3-7,10H,1-2H3;1H/q+1;/p-1. The van der Waals surface area contributed by atoms with Crippen molar-refractivity contribution < 1.29 is 21.8 Å². The number of halogens is 2. The molecular weight excluding hydrogens is 328 g/mol. The number of hydrogen-bond donors (Lipinski definition) is 0. The third-order valence-corrected chi connectivity index (χ3v) is 5.38. The van der Waals surface area contributed by atoms with Gasteiger partial charge in [0.25, 0.3) is 0 Å². The second kappa shape index (κ2) is 6.64. The van der Waals surface area contributed by atoms with Crippen molar-refractivity contribution in [3.05, 3.63) is 35.9 Å². The average Bonchev–Trinajstić information content (AvgIpc) is 2.17. The Morgan fingerprint density at radius 2 is 1.79 bits per heavy atom. The number of alkyl halides is 1. The number of benzene rings is 1. The van der Waals surface area contributed by atoms with Gasteiger partial charge in [-0.2, -0.15) is 0 Å². The summed E-state index contributed by atoms with van der Waals surface area (Å²) in [5.74, 6) is 0.175. The Labute approximate surface area is 107 Å². The summed E-state index contributed by atoms with van der Waals surface area (Å²) in [6.45, 7) is 0. The van der Waals surface area contributed by atoms with Gasteiger partial charge in [0.1, 0.15) is 0 Å². The van der Waals surface area contributed by atoms with Crippen molar-refractivity contribution in [1.29, 1.82) is 0 Å². The lowest BCUT2D eigenvalue weighted by Crippen LogP contribution is -3.00. The van der Waals surface area contributed by atoms with Crippen molar-refractivity contribution in [2.75, 3.05) is 12.5 Å². The van der Waals surface area contributed by atoms with Gasteiger partial charge < -0.3 is 17.0 Å². The van der Waals surface area contributed by atoms with Gasteiger partial charge in [-0.1, -0.05) is 30.3 Å². The first-order valence-electron chi connectivity index (χ1n) is 3.92. The monoisotopic (exact) mass is 338 g/mol. The van der Waals surface area contributed by atoms with Crippen molar-refractivity contribution in [3.63, 3.8) is 0 Å². The minimum atomic E-state index is -0.0464. The fraction of sp³-hybridized carbons (Fsp3) is 0.300. The molecule has 1 aromatic carbocycles. The molecule has 1 rings (SSSR count). The highest BCUT2D eigenvalue weighted by molar-refractivity contribution is 9.11. The maximum Gasteiger partial charge on any atom is 0.233 e. The topological polar surface area (TPSA) is 17.1 Å². The Bertz CT molecular complexity index is 287. The van der Waals surface area contributed by atoms with E-state index in [1.807, 2.05) is 30.3 Å². The summed E-state index contributed by atoms with van der Waals surface area (Å²) in [6, 6.07) is 9.39. The molecule has 1 atom stereocenters. The van der Waals surface area contributed by atoms with Gasteiger partial charge in [-0.15, -0.1) is 0 Å². The lowest BCUT2D eigenvalue weighted by Gasteiger charge is -2.04. The van der Waals surface area contributed by atoms with Crippen molar-refractivity contribution in [2.24, 2.45) is 0 Å². The molecule has 0 amide bonds. The van der Waals surface area contributed by atoms with Crippen LogP contribution in [0.15, 0.2) is 30.3 Å². The quantitative estimate of drug-likeness (QED) is 0.411. The summed E-state index contributed by atoms with van der Waals surface area (Å²) in [4.78, 5) is 11.7. The maximum absolute atomic E-state index is 11.7. The fourth-order valence-electron chi connectivity index (χ4n) is 0.948. The van der Waals surface area contributed by atoms with Gasteiger partial charge in [-0.3, -0.25) is 4.79 Å². The smallest absolute Gasteiger partial charge is 0.233 e. The summed E-state index contributed by atoms with van der Waals surface area (Å²) < 4.78 is -0.0464. The van der Waals surface area contributed by atoms with E-state index in [9.17, 15) is 4.79 Å². The van der Waals surface area contributed by atoms with Crippen LogP contribution >= 0.6 is 15.9 Å². The number of carbonyl (C=O) groups excluding carboxylic acids is 1. The fourth-order valence-corrected chi connectivity index (χ4v) is 1.78. The zero-order valence-electron chi connectivity index (χ0n) is 8.04. The highest BCUT2D eigenvalue weighted by Crippen LogP contribution is 2.15. The molecule has 0 fully saturated rings. The van der Waals surface area contributed by atoms with Crippen molar-refractivity contribution in [3.8, 4) is 0 Å². The predicted octanol–water partition coefficient (Wildman–Crippen LogP) is -0.528. The van der Waals surface area contributed by atoms with E-state index in [0.29, 0.717) is 0 Å². The van der Waals surface area contributed by atoms with Crippen LogP contribution in [0, 0.1) is 0 Å². The summed E-state index contributed by atoms with van der Waals surface area (Å²) in [6.07, 6.45) is 4.11. The van der Waals surface area contributed by atoms with Gasteiger partial charge >= 0.3 is 0 Å². The first-order valence-corrected chi connectivity index (χ1v) is 6.94. The van der Waals surface area contributed by atoms with E-state index >= 15 is 0 Å². The molecule has 0 saturated carbocycles. The van der Waals surface area contributed by atoms with Crippen LogP contribution in [0.3, 0.4) is 0 Å². The van der Waals surface area contributed by atoms with E-state index in [-0.39, 0.29) is 37.8 Å². The van der Waals surface area contributed by atoms with Crippen LogP contribution in [0.1, 0.15) is 10.4 Å². The number of rotatable bonds is 3. The number of Topliss-reactive ketones (excluding diaryl/α,β-unsaturated/α-hetero) is 1. The van der Waals surface area contributed by atoms with Crippen LogP contribution in [0.25, 0.3) is 0 Å². The largest absolute Gasteiger partial charge is 1.00 e.